The van der Waals surface area contributed by atoms with Gasteiger partial charge in [0.05, 0.1) is 6.42 Å². The minimum atomic E-state index is -1.22. The molecule has 2 aliphatic heterocycles. The van der Waals surface area contributed by atoms with E-state index in [1.165, 1.54) is 4.90 Å². The van der Waals surface area contributed by atoms with Gasteiger partial charge in [0.2, 0.25) is 5.91 Å². The second kappa shape index (κ2) is 9.49. The fourth-order valence-electron chi connectivity index (χ4n) is 4.56. The molecule has 2 amide bonds. The van der Waals surface area contributed by atoms with Gasteiger partial charge in [0.15, 0.2) is 17.6 Å². The van der Waals surface area contributed by atoms with E-state index in [4.69, 9.17) is 4.74 Å². The van der Waals surface area contributed by atoms with Crippen molar-refractivity contribution < 1.29 is 28.7 Å². The first kappa shape index (κ1) is 24.4. The average Bonchev–Trinajstić information content (AvgIpc) is 3.35. The SMILES string of the molecule is CC(C)(C)OC(=O)N1CCC(/C=C/C#Cc2cccc3c2C(=O)C(N2CCC(=O)CC2=O)C3=O)C1. The number of carbonyl (C=O) groups excluding carboxylic acids is 5. The van der Waals surface area contributed by atoms with E-state index in [0.717, 1.165) is 6.42 Å². The van der Waals surface area contributed by atoms with E-state index in [2.05, 4.69) is 11.8 Å². The Morgan fingerprint density at radius 1 is 1.11 bits per heavy atom. The van der Waals surface area contributed by atoms with Crippen LogP contribution in [0.2, 0.25) is 0 Å². The van der Waals surface area contributed by atoms with Crippen molar-refractivity contribution >= 4 is 29.4 Å². The molecule has 0 N–H and O–H groups in total. The maximum absolute atomic E-state index is 13.2. The zero-order chi connectivity index (χ0) is 25.3. The Kier molecular flexibility index (Phi) is 6.62. The van der Waals surface area contributed by atoms with Crippen LogP contribution in [0.25, 0.3) is 0 Å². The molecule has 1 aromatic rings. The molecule has 0 saturated carbocycles. The molecule has 182 valence electrons. The molecular formula is C27H28N2O6. The van der Waals surface area contributed by atoms with Crippen LogP contribution in [-0.4, -0.2) is 70.4 Å². The first-order chi connectivity index (χ1) is 16.5. The minimum Gasteiger partial charge on any atom is -0.444 e. The monoisotopic (exact) mass is 476 g/mol. The number of amides is 2. The number of hydrogen-bond acceptors (Lipinski definition) is 6. The standard InChI is InChI=1S/C27H28N2O6/c1-27(2,3)35-26(34)28-13-11-17(16-28)7-4-5-8-18-9-6-10-20-22(18)25(33)23(24(20)32)29-14-12-19(30)15-21(29)31/h4,6-7,9-10,17,23H,11-16H2,1-3H3/b7-4+. The van der Waals surface area contributed by atoms with Crippen LogP contribution in [0.3, 0.4) is 0 Å². The zero-order valence-electron chi connectivity index (χ0n) is 20.1. The van der Waals surface area contributed by atoms with Crippen molar-refractivity contribution in [3.8, 4) is 11.8 Å². The summed E-state index contributed by atoms with van der Waals surface area (Å²) >= 11 is 0. The number of benzene rings is 1. The van der Waals surface area contributed by atoms with Gasteiger partial charge in [-0.05, 0) is 45.3 Å². The highest BCUT2D eigenvalue weighted by Crippen LogP contribution is 2.30. The number of hydrogen-bond donors (Lipinski definition) is 0. The van der Waals surface area contributed by atoms with E-state index >= 15 is 0 Å². The molecule has 0 aromatic heterocycles. The number of piperidine rings is 1. The number of nitrogens with zero attached hydrogens (tertiary/aromatic N) is 2. The molecule has 2 fully saturated rings. The molecule has 1 aromatic carbocycles. The number of rotatable bonds is 2. The van der Waals surface area contributed by atoms with Crippen molar-refractivity contribution in [1.29, 1.82) is 0 Å². The van der Waals surface area contributed by atoms with Gasteiger partial charge in [0, 0.05) is 42.7 Å². The number of ketones is 3. The summed E-state index contributed by atoms with van der Waals surface area (Å²) in [7, 11) is 0. The Labute approximate surface area is 204 Å². The van der Waals surface area contributed by atoms with Gasteiger partial charge in [-0.2, -0.15) is 0 Å². The second-order valence-corrected chi connectivity index (χ2v) is 10.0. The van der Waals surface area contributed by atoms with Gasteiger partial charge in [-0.1, -0.05) is 30.0 Å². The van der Waals surface area contributed by atoms with Crippen LogP contribution in [0.1, 0.15) is 66.3 Å². The Bertz CT molecular complexity index is 1200. The summed E-state index contributed by atoms with van der Waals surface area (Å²) in [5.74, 6) is 4.48. The predicted molar refractivity (Wildman–Crippen MR) is 127 cm³/mol. The fourth-order valence-corrected chi connectivity index (χ4v) is 4.56. The summed E-state index contributed by atoms with van der Waals surface area (Å²) in [5.41, 5.74) is 0.368. The second-order valence-electron chi connectivity index (χ2n) is 10.0. The summed E-state index contributed by atoms with van der Waals surface area (Å²) in [6, 6.07) is 3.69. The summed E-state index contributed by atoms with van der Waals surface area (Å²) in [6.07, 6.45) is 3.97. The normalized spacial score (nSPS) is 22.5. The van der Waals surface area contributed by atoms with E-state index in [0.29, 0.717) is 18.7 Å². The van der Waals surface area contributed by atoms with Crippen molar-refractivity contribution in [2.75, 3.05) is 19.6 Å². The van der Waals surface area contributed by atoms with Crippen molar-refractivity contribution in [3.05, 3.63) is 47.0 Å². The molecule has 0 spiro atoms. The van der Waals surface area contributed by atoms with Gasteiger partial charge in [-0.3, -0.25) is 19.2 Å². The Balaban J connectivity index is 1.45. The Morgan fingerprint density at radius 3 is 2.60 bits per heavy atom. The molecule has 1 aliphatic carbocycles. The van der Waals surface area contributed by atoms with Crippen LogP contribution in [0.4, 0.5) is 4.79 Å². The largest absolute Gasteiger partial charge is 0.444 e. The Hall–Kier alpha value is -3.73. The number of allylic oxidation sites excluding steroid dienone is 1. The smallest absolute Gasteiger partial charge is 0.410 e. The molecule has 2 heterocycles. The van der Waals surface area contributed by atoms with Gasteiger partial charge in [-0.25, -0.2) is 4.79 Å². The number of likely N-dealkylation sites (tertiary alicyclic amines) is 2. The first-order valence-corrected chi connectivity index (χ1v) is 11.7. The average molecular weight is 477 g/mol. The van der Waals surface area contributed by atoms with Crippen molar-refractivity contribution in [2.24, 2.45) is 5.92 Å². The number of ether oxygens (including phenoxy) is 1. The lowest BCUT2D eigenvalue weighted by Gasteiger charge is -2.29. The van der Waals surface area contributed by atoms with Crippen molar-refractivity contribution in [3.63, 3.8) is 0 Å². The zero-order valence-corrected chi connectivity index (χ0v) is 20.1. The molecule has 2 unspecified atom stereocenters. The quantitative estimate of drug-likeness (QED) is 0.481. The van der Waals surface area contributed by atoms with E-state index in [1.54, 1.807) is 29.2 Å². The molecule has 4 rings (SSSR count). The van der Waals surface area contributed by atoms with Crippen LogP contribution in [0.5, 0.6) is 0 Å². The van der Waals surface area contributed by atoms with Gasteiger partial charge >= 0.3 is 6.09 Å². The van der Waals surface area contributed by atoms with Gasteiger partial charge in [0.1, 0.15) is 11.4 Å². The van der Waals surface area contributed by atoms with Gasteiger partial charge < -0.3 is 14.5 Å². The third kappa shape index (κ3) is 5.19. The highest BCUT2D eigenvalue weighted by atomic mass is 16.6. The molecular weight excluding hydrogens is 448 g/mol. The minimum absolute atomic E-state index is 0.0687. The van der Waals surface area contributed by atoms with E-state index in [1.807, 2.05) is 26.8 Å². The van der Waals surface area contributed by atoms with Crippen LogP contribution in [-0.2, 0) is 14.3 Å². The molecule has 8 nitrogen and oxygen atoms in total. The highest BCUT2D eigenvalue weighted by Gasteiger charge is 2.46. The van der Waals surface area contributed by atoms with E-state index < -0.39 is 29.1 Å². The predicted octanol–water partition coefficient (Wildman–Crippen LogP) is 2.79. The fraction of sp³-hybridized carbons (Fsp3) is 0.444. The summed E-state index contributed by atoms with van der Waals surface area (Å²) in [6.45, 7) is 6.73. The molecule has 2 atom stereocenters. The van der Waals surface area contributed by atoms with Crippen LogP contribution in [0.15, 0.2) is 30.4 Å². The lowest BCUT2D eigenvalue weighted by atomic mass is 10.0. The number of Topliss-reactive ketones (excluding diaryl/α,β-unsaturated/α-hetero) is 3. The van der Waals surface area contributed by atoms with Crippen molar-refractivity contribution in [1.82, 2.24) is 9.80 Å². The maximum Gasteiger partial charge on any atom is 0.410 e. The molecule has 2 saturated heterocycles. The number of carbonyl (C=O) groups is 5. The number of fused-ring (bicyclic) bond motifs is 1. The summed E-state index contributed by atoms with van der Waals surface area (Å²) in [5, 5.41) is 0. The van der Waals surface area contributed by atoms with Crippen LogP contribution in [0, 0.1) is 17.8 Å². The van der Waals surface area contributed by atoms with Crippen LogP contribution < -0.4 is 0 Å². The van der Waals surface area contributed by atoms with E-state index in [-0.39, 0.29) is 48.3 Å². The highest BCUT2D eigenvalue weighted by molar-refractivity contribution is 6.31. The third-order valence-corrected chi connectivity index (χ3v) is 6.22. The lowest BCUT2D eigenvalue weighted by Crippen LogP contribution is -2.50. The molecule has 0 bridgehead atoms. The van der Waals surface area contributed by atoms with Crippen LogP contribution >= 0.6 is 0 Å². The molecule has 0 radical (unpaired) electrons. The van der Waals surface area contributed by atoms with Gasteiger partial charge in [0.25, 0.3) is 0 Å². The molecule has 3 aliphatic rings. The summed E-state index contributed by atoms with van der Waals surface area (Å²) in [4.78, 5) is 65.1. The molecule has 8 heteroatoms. The Morgan fingerprint density at radius 2 is 1.89 bits per heavy atom. The van der Waals surface area contributed by atoms with Crippen molar-refractivity contribution in [2.45, 2.75) is 51.7 Å². The third-order valence-electron chi connectivity index (χ3n) is 6.22. The maximum atomic E-state index is 13.2. The van der Waals surface area contributed by atoms with Gasteiger partial charge in [-0.15, -0.1) is 0 Å². The lowest BCUT2D eigenvalue weighted by molar-refractivity contribution is -0.140. The topological polar surface area (TPSA) is 101 Å². The summed E-state index contributed by atoms with van der Waals surface area (Å²) < 4.78 is 5.41. The first-order valence-electron chi connectivity index (χ1n) is 11.7. The molecule has 35 heavy (non-hydrogen) atoms. The van der Waals surface area contributed by atoms with E-state index in [9.17, 15) is 24.0 Å².